The summed E-state index contributed by atoms with van der Waals surface area (Å²) in [4.78, 5) is 137. The van der Waals surface area contributed by atoms with Crippen molar-refractivity contribution in [3.63, 3.8) is 0 Å². The molecule has 0 bridgehead atoms. The lowest BCUT2D eigenvalue weighted by Gasteiger charge is -2.11. The number of hydrogen-bond acceptors (Lipinski definition) is 27. The van der Waals surface area contributed by atoms with Gasteiger partial charge in [-0.15, -0.1) is 0 Å². The summed E-state index contributed by atoms with van der Waals surface area (Å²) in [5.41, 5.74) is 1.92. The third-order valence-electron chi connectivity index (χ3n) is 17.5. The Kier molecular flexibility index (Phi) is 64.2. The summed E-state index contributed by atoms with van der Waals surface area (Å²) in [6.07, 6.45) is -0.480. The molecule has 0 unspecified atom stereocenters. The van der Waals surface area contributed by atoms with E-state index in [-0.39, 0.29) is 159 Å². The highest BCUT2D eigenvalue weighted by molar-refractivity contribution is 9.10. The lowest BCUT2D eigenvalue weighted by atomic mass is 9.96. The van der Waals surface area contributed by atoms with Crippen LogP contribution in [0.25, 0.3) is 66.8 Å². The van der Waals surface area contributed by atoms with E-state index in [1.807, 2.05) is 60.7 Å². The van der Waals surface area contributed by atoms with Crippen molar-refractivity contribution in [3.05, 3.63) is 347 Å². The van der Waals surface area contributed by atoms with Crippen LogP contribution in [0.15, 0.2) is 269 Å². The van der Waals surface area contributed by atoms with Crippen LogP contribution >= 0.6 is 62.4 Å². The number of benzene rings is 3. The normalized spacial score (nSPS) is 9.94. The lowest BCUT2D eigenvalue weighted by Crippen LogP contribution is -2.28. The fourth-order valence-electron chi connectivity index (χ4n) is 12.5. The van der Waals surface area contributed by atoms with E-state index in [1.54, 1.807) is 140 Å². The highest BCUT2D eigenvalue weighted by atomic mass is 79.9. The molecule has 0 aliphatic heterocycles. The summed E-state index contributed by atoms with van der Waals surface area (Å²) in [6.45, 7) is 10.9. The van der Waals surface area contributed by atoms with Crippen LogP contribution in [0, 0.1) is 17.5 Å². The molecule has 0 saturated carbocycles. The second-order valence-corrected chi connectivity index (χ2v) is 42.6. The molecule has 141 heavy (non-hydrogen) atoms. The molecule has 19 nitrogen and oxygen atoms in total. The van der Waals surface area contributed by atoms with Crippen LogP contribution in [-0.4, -0.2) is 93.0 Å². The average molecular weight is 2370 g/mol. The minimum absolute atomic E-state index is 0. The van der Waals surface area contributed by atoms with Crippen molar-refractivity contribution >= 4 is 283 Å². The Labute approximate surface area is 897 Å². The molecule has 0 amide bonds. The van der Waals surface area contributed by atoms with Crippen LogP contribution in [0.3, 0.4) is 0 Å². The number of alkyl halides is 3. The largest absolute Gasteiger partial charge is 0.534 e. The van der Waals surface area contributed by atoms with Crippen molar-refractivity contribution in [2.24, 2.45) is 0 Å². The number of ether oxygens (including phenoxy) is 1. The number of carbonyl (C=O) groups is 10. The topological polar surface area (TPSA) is 315 Å². The van der Waals surface area contributed by atoms with E-state index in [0.29, 0.717) is 60.1 Å². The lowest BCUT2D eigenvalue weighted by molar-refractivity contribution is -0.145. The quantitative estimate of drug-likeness (QED) is 0.0194. The molecule has 9 aliphatic carbocycles. The third kappa shape index (κ3) is 42.1. The van der Waals surface area contributed by atoms with Gasteiger partial charge in [-0.1, -0.05) is 219 Å². The smallest absolute Gasteiger partial charge is 0.506 e. The number of ketones is 9. The number of esters is 1. The molecule has 5 aromatic carbocycles. The van der Waals surface area contributed by atoms with Crippen LogP contribution < -0.4 is 15.0 Å². The van der Waals surface area contributed by atoms with E-state index in [0.717, 1.165) is 39.4 Å². The fourth-order valence-corrected chi connectivity index (χ4v) is 16.1. The van der Waals surface area contributed by atoms with Crippen molar-refractivity contribution in [3.8, 4) is 84.0 Å². The predicted molar refractivity (Wildman–Crippen MR) is 592 cm³/mol. The molecule has 0 radical (unpaired) electrons. The van der Waals surface area contributed by atoms with E-state index >= 15 is 0 Å². The second-order valence-electron chi connectivity index (χ2n) is 26.7. The average Bonchev–Trinajstić information content (AvgIpc) is 1.58. The van der Waals surface area contributed by atoms with Gasteiger partial charge in [0.25, 0.3) is 0 Å². The standard InChI is InChI=1S/C20H15FO2.C17H9FO.C15H11F3O5S.C14H12O3.C8H12O4.C7H5ClO.C7H6O2.C6H4BrF.CH4.Cl2OS.S5.S4.S3.S2.H2S/c1-12(22)18-14-8-4-3-5-9-15(14)19(13(2)23)20(18)16-10-6-7-11-17(16)21;18-14-8-4-7-12-15(14)13-9-10-5-2-1-3-6-11(10)16(13)17(12)19;1-8(19)12-10-6-4-3-5-7-11(10)13(9(2)20)14(12)23-24(21,22)15(16,17)18;1-8(15)12-10-6-4-3-5-7-11(10)13(9(2)16)14(12)17;1-3-12-8(11)5-7(10)4-6(2)9;2*8-6-4-2-1-3-5-7(6)9;7-5-3-1-2-4-6(5)8;;1-4(2)3;1-3-5-4-2;1-3-4-2;1-3-2;1-2;/h3-11H,1-2H3;1-9H;3-7H,1-2H3;3-7,17H,1-2H3;3-5H2,1-2H3;1-5H;1-5H,(H,8,9);1-4H;1H4;;;;;;1H2. The Balaban J connectivity index is 0.00000158. The molecule has 0 atom stereocenters. The number of halogens is 10. The van der Waals surface area contributed by atoms with Gasteiger partial charge >= 0.3 is 21.6 Å². The summed E-state index contributed by atoms with van der Waals surface area (Å²) in [6, 6.07) is 69.8. The number of carbonyl (C=O) groups excluding carboxylic acids is 10. The van der Waals surface area contributed by atoms with E-state index in [2.05, 4.69) is 136 Å². The summed E-state index contributed by atoms with van der Waals surface area (Å²) < 4.78 is 119. The third-order valence-corrected chi connectivity index (χ3v) is 26.1. The molecule has 46 heteroatoms. The van der Waals surface area contributed by atoms with Gasteiger partial charge < -0.3 is 19.1 Å². The van der Waals surface area contributed by atoms with Gasteiger partial charge in [-0.25, -0.2) is 17.4 Å². The van der Waals surface area contributed by atoms with Crippen molar-refractivity contribution < 1.29 is 106 Å². The molecule has 0 spiro atoms. The Hall–Kier alpha value is -9.40. The first kappa shape index (κ1) is 132. The molecule has 746 valence electrons. The first-order valence-corrected chi connectivity index (χ1v) is 57.2. The van der Waals surface area contributed by atoms with Crippen LogP contribution in [0.1, 0.15) is 154 Å². The number of aromatic hydroxyl groups is 2. The molecular formula is C95H80BrCl3F6O19S17. The van der Waals surface area contributed by atoms with E-state index in [9.17, 15) is 97.4 Å². The fraction of sp³-hybridized carbons (Fsp3) is 0.137. The minimum atomic E-state index is -6.03. The van der Waals surface area contributed by atoms with Crippen LogP contribution in [0.4, 0.5) is 26.3 Å². The van der Waals surface area contributed by atoms with Gasteiger partial charge in [-0.3, -0.25) is 57.5 Å². The van der Waals surface area contributed by atoms with Gasteiger partial charge in [0.1, 0.15) is 35.4 Å². The maximum Gasteiger partial charge on any atom is 0.534 e. The summed E-state index contributed by atoms with van der Waals surface area (Å²) >= 11 is 41.6. The van der Waals surface area contributed by atoms with Crippen molar-refractivity contribution in [1.82, 2.24) is 0 Å². The van der Waals surface area contributed by atoms with Gasteiger partial charge in [0.05, 0.1) is 44.8 Å². The van der Waals surface area contributed by atoms with Crippen molar-refractivity contribution in [1.29, 1.82) is 0 Å². The van der Waals surface area contributed by atoms with Crippen LogP contribution in [0.5, 0.6) is 17.2 Å². The molecule has 2 N–H and O–H groups in total. The summed E-state index contributed by atoms with van der Waals surface area (Å²) in [7, 11) is 8.53. The second kappa shape index (κ2) is 68.8. The highest BCUT2D eigenvalue weighted by Crippen LogP contribution is 2.49. The zero-order valence-corrected chi connectivity index (χ0v) is 91.4. The molecule has 9 aliphatic rings. The maximum atomic E-state index is 14.3. The van der Waals surface area contributed by atoms with Crippen LogP contribution in [0.2, 0.25) is 5.02 Å². The monoisotopic (exact) mass is 2370 g/mol. The molecule has 14 rings (SSSR count). The zero-order chi connectivity index (χ0) is 105. The molecular weight excluding hydrogens is 2290 g/mol. The minimum Gasteiger partial charge on any atom is -0.506 e. The van der Waals surface area contributed by atoms with E-state index in [4.69, 9.17) is 20.9 Å². The first-order chi connectivity index (χ1) is 65.7. The van der Waals surface area contributed by atoms with Gasteiger partial charge in [0, 0.05) is 203 Å². The van der Waals surface area contributed by atoms with Gasteiger partial charge in [0.15, 0.2) is 63.2 Å². The Morgan fingerprint density at radius 3 is 1.14 bits per heavy atom. The number of Topliss-reactive ketones (excluding diaryl/α,β-unsaturated/α-hetero) is 8. The van der Waals surface area contributed by atoms with Gasteiger partial charge in [-0.2, -0.15) is 35.1 Å². The summed E-state index contributed by atoms with van der Waals surface area (Å²) in [5.74, 6) is -5.89. The predicted octanol–water partition coefficient (Wildman–Crippen LogP) is 22.8. The van der Waals surface area contributed by atoms with Crippen molar-refractivity contribution in [2.45, 2.75) is 81.2 Å². The summed E-state index contributed by atoms with van der Waals surface area (Å²) in [5, 5.41) is 19.0. The Bertz CT molecular complexity index is 6790. The number of fused-ring (bicyclic) bond motifs is 8. The molecule has 0 heterocycles. The maximum absolute atomic E-state index is 14.3. The van der Waals surface area contributed by atoms with Gasteiger partial charge in [-0.05, 0) is 176 Å². The van der Waals surface area contributed by atoms with Crippen molar-refractivity contribution in [2.75, 3.05) is 6.61 Å². The first-order valence-electron chi connectivity index (χ1n) is 38.5. The number of hydrogen-bond donors (Lipinski definition) is 2. The molecule has 5 aromatic rings. The van der Waals surface area contributed by atoms with E-state index < -0.39 is 54.0 Å². The highest BCUT2D eigenvalue weighted by Gasteiger charge is 2.50. The zero-order valence-electron chi connectivity index (χ0n) is 73.5. The molecule has 0 fully saturated rings. The SMILES string of the molecule is C.CC(=O)c1c2cccccc-2c(C(C)=O)c1-c1ccccc1F.CC(=O)c1c2cccccc-2c(C(C)=O)c1O.CC(=O)c1c2cccccc-2c(C(C)=O)c1OS(=O)(=O)C(F)(F)F.CCOC(=O)CC(=O)CC(C)=O.Fc1ccccc1Br.O=C1c2cccc(F)c2-c2cc3cccccc-3c21.O=S(Cl)Cl.O=c1cccccc1Cl.O=c1cccccc1O.S.S=S.S=S=S.S=S=S=S.S=S=S=S=S. The van der Waals surface area contributed by atoms with E-state index in [1.165, 1.54) is 140 Å². The molecule has 0 aromatic heterocycles. The molecule has 0 saturated heterocycles. The Morgan fingerprint density at radius 1 is 0.433 bits per heavy atom. The Morgan fingerprint density at radius 2 is 0.773 bits per heavy atom. The van der Waals surface area contributed by atoms with Crippen LogP contribution in [-0.2, 0) is 181 Å². The van der Waals surface area contributed by atoms with Gasteiger partial charge in [0.2, 0.25) is 14.7 Å². The number of rotatable bonds is 14.